The van der Waals surface area contributed by atoms with Gasteiger partial charge < -0.3 is 5.11 Å². The Balaban J connectivity index is 2.97. The number of halogens is 2. The minimum absolute atomic E-state index is 0.468. The smallest absolute Gasteiger partial charge is 0.297 e. The fourth-order valence-corrected chi connectivity index (χ4v) is 5.16. The predicted octanol–water partition coefficient (Wildman–Crippen LogP) is 1.30. The second kappa shape index (κ2) is 5.56. The summed E-state index contributed by atoms with van der Waals surface area (Å²) in [7, 11) is -10.1. The molecule has 126 valence electrons. The number of sulfonamides is 1. The zero-order chi connectivity index (χ0) is 17.6. The lowest BCUT2D eigenvalue weighted by atomic mass is 9.87. The lowest BCUT2D eigenvalue weighted by molar-refractivity contribution is 0.214. The molecule has 0 saturated carbocycles. The monoisotopic (exact) mass is 383 g/mol. The van der Waals surface area contributed by atoms with Crippen molar-refractivity contribution in [3.05, 3.63) is 57.7 Å². The number of alkyl halides is 1. The predicted molar refractivity (Wildman–Crippen MR) is 81.3 cm³/mol. The largest absolute Gasteiger partial charge is 0.507 e. The van der Waals surface area contributed by atoms with Crippen molar-refractivity contribution in [2.75, 3.05) is 0 Å². The molecule has 2 unspecified atom stereocenters. The first-order valence-corrected chi connectivity index (χ1v) is 9.37. The van der Waals surface area contributed by atoms with Gasteiger partial charge in [0.1, 0.15) is 5.76 Å². The van der Waals surface area contributed by atoms with Crippen molar-refractivity contribution in [1.82, 2.24) is 0 Å². The van der Waals surface area contributed by atoms with Crippen molar-refractivity contribution in [2.24, 2.45) is 5.14 Å². The zero-order valence-corrected chi connectivity index (χ0v) is 13.6. The van der Waals surface area contributed by atoms with E-state index in [0.717, 1.165) is 12.1 Å². The Kier molecular flexibility index (Phi) is 4.33. The molecule has 0 aliphatic heterocycles. The van der Waals surface area contributed by atoms with Crippen molar-refractivity contribution < 1.29 is 30.9 Å². The van der Waals surface area contributed by atoms with Crippen LogP contribution in [0.4, 0.5) is 4.39 Å². The highest BCUT2D eigenvalue weighted by atomic mass is 35.5. The molecule has 0 amide bonds. The van der Waals surface area contributed by atoms with Crippen LogP contribution in [0.2, 0.25) is 0 Å². The number of hydrogen-bond donors (Lipinski definition) is 3. The summed E-state index contributed by atoms with van der Waals surface area (Å²) in [6.07, 6.45) is 0.514. The van der Waals surface area contributed by atoms with Gasteiger partial charge in [0.05, 0.1) is 0 Å². The van der Waals surface area contributed by atoms with Crippen molar-refractivity contribution in [1.29, 1.82) is 0 Å². The van der Waals surface area contributed by atoms with Crippen molar-refractivity contribution in [2.45, 2.75) is 10.9 Å². The molecule has 0 bridgehead atoms. The molecule has 2 rings (SSSR count). The molecule has 0 saturated heterocycles. The van der Waals surface area contributed by atoms with Gasteiger partial charge >= 0.3 is 0 Å². The molecule has 1 aliphatic carbocycles. The van der Waals surface area contributed by atoms with Gasteiger partial charge in [-0.3, -0.25) is 4.55 Å². The Hall–Kier alpha value is -1.46. The molecular formula is C12H11ClFNO6S2. The number of nitrogens with two attached hydrogens (primary N) is 1. The van der Waals surface area contributed by atoms with Gasteiger partial charge in [-0.1, -0.05) is 41.9 Å². The number of primary sulfonamides is 1. The lowest BCUT2D eigenvalue weighted by Crippen LogP contribution is -2.49. The van der Waals surface area contributed by atoms with Gasteiger partial charge in [0, 0.05) is 5.03 Å². The number of hydrogen-bond acceptors (Lipinski definition) is 5. The SMILES string of the molecule is NS(=O)(=O)C1C(Cl)=CC(O)=C(S(=O)(=O)O)C1(F)c1ccccc1. The number of rotatable bonds is 3. The van der Waals surface area contributed by atoms with Crippen LogP contribution in [-0.2, 0) is 25.8 Å². The maximum atomic E-state index is 15.8. The van der Waals surface area contributed by atoms with Crippen LogP contribution in [0.3, 0.4) is 0 Å². The van der Waals surface area contributed by atoms with E-state index in [1.165, 1.54) is 18.2 Å². The first kappa shape index (κ1) is 17.9. The zero-order valence-electron chi connectivity index (χ0n) is 11.2. The minimum atomic E-state index is -5.32. The topological polar surface area (TPSA) is 135 Å². The van der Waals surface area contributed by atoms with E-state index in [1.807, 2.05) is 0 Å². The van der Waals surface area contributed by atoms with E-state index in [1.54, 1.807) is 0 Å². The molecule has 23 heavy (non-hydrogen) atoms. The summed E-state index contributed by atoms with van der Waals surface area (Å²) in [5.74, 6) is -1.22. The van der Waals surface area contributed by atoms with Crippen molar-refractivity contribution >= 4 is 31.7 Å². The molecule has 0 radical (unpaired) electrons. The third kappa shape index (κ3) is 3.00. The fourth-order valence-electron chi connectivity index (χ4n) is 2.43. The molecule has 1 aromatic carbocycles. The van der Waals surface area contributed by atoms with Gasteiger partial charge in [-0.15, -0.1) is 0 Å². The van der Waals surface area contributed by atoms with E-state index >= 15 is 4.39 Å². The summed E-state index contributed by atoms with van der Waals surface area (Å²) in [5, 5.41) is 11.7. The van der Waals surface area contributed by atoms with E-state index in [0.29, 0.717) is 6.08 Å². The second-order valence-electron chi connectivity index (χ2n) is 4.77. The highest BCUT2D eigenvalue weighted by molar-refractivity contribution is 7.91. The van der Waals surface area contributed by atoms with Gasteiger partial charge in [0.2, 0.25) is 15.7 Å². The molecule has 1 aromatic rings. The summed E-state index contributed by atoms with van der Waals surface area (Å²) in [4.78, 5) is -1.54. The van der Waals surface area contributed by atoms with Gasteiger partial charge in [0.25, 0.3) is 10.1 Å². The number of benzene rings is 1. The van der Waals surface area contributed by atoms with Crippen LogP contribution in [0.25, 0.3) is 0 Å². The molecule has 0 fully saturated rings. The Morgan fingerprint density at radius 3 is 2.13 bits per heavy atom. The van der Waals surface area contributed by atoms with Gasteiger partial charge in [-0.2, -0.15) is 8.42 Å². The highest BCUT2D eigenvalue weighted by Gasteiger charge is 2.58. The first-order chi connectivity index (χ1) is 10.4. The Morgan fingerprint density at radius 1 is 1.17 bits per heavy atom. The average molecular weight is 384 g/mol. The third-order valence-electron chi connectivity index (χ3n) is 3.23. The van der Waals surface area contributed by atoms with Crippen LogP contribution >= 0.6 is 11.6 Å². The Bertz CT molecular complexity index is 910. The summed E-state index contributed by atoms with van der Waals surface area (Å²) in [5.41, 5.74) is -3.87. The van der Waals surface area contributed by atoms with E-state index in [4.69, 9.17) is 16.7 Å². The van der Waals surface area contributed by atoms with Crippen LogP contribution in [0.1, 0.15) is 5.56 Å². The van der Waals surface area contributed by atoms with Crippen LogP contribution in [-0.4, -0.2) is 31.7 Å². The van der Waals surface area contributed by atoms with E-state index < -0.39 is 52.3 Å². The Labute approximate surface area is 136 Å². The average Bonchev–Trinajstić information content (AvgIpc) is 2.35. The molecule has 0 spiro atoms. The summed E-state index contributed by atoms with van der Waals surface area (Å²) >= 11 is 5.70. The quantitative estimate of drug-likeness (QED) is 0.673. The molecule has 11 heteroatoms. The maximum Gasteiger partial charge on any atom is 0.297 e. The molecule has 0 aromatic heterocycles. The van der Waals surface area contributed by atoms with Gasteiger partial charge in [-0.05, 0) is 11.6 Å². The first-order valence-electron chi connectivity index (χ1n) is 5.94. The summed E-state index contributed by atoms with van der Waals surface area (Å²) in [6, 6.07) is 6.23. The van der Waals surface area contributed by atoms with Crippen LogP contribution in [0.15, 0.2) is 52.1 Å². The minimum Gasteiger partial charge on any atom is -0.507 e. The molecule has 2 atom stereocenters. The summed E-state index contributed by atoms with van der Waals surface area (Å²) in [6.45, 7) is 0. The molecule has 7 nitrogen and oxygen atoms in total. The Morgan fingerprint density at radius 2 is 1.70 bits per heavy atom. The van der Waals surface area contributed by atoms with E-state index in [9.17, 15) is 26.5 Å². The van der Waals surface area contributed by atoms with Crippen LogP contribution in [0.5, 0.6) is 0 Å². The second-order valence-corrected chi connectivity index (χ2v) is 8.21. The van der Waals surface area contributed by atoms with Crippen molar-refractivity contribution in [3.63, 3.8) is 0 Å². The van der Waals surface area contributed by atoms with E-state index in [-0.39, 0.29) is 0 Å². The van der Waals surface area contributed by atoms with Crippen molar-refractivity contribution in [3.8, 4) is 0 Å². The normalized spacial score (nSPS) is 26.1. The third-order valence-corrected chi connectivity index (χ3v) is 5.94. The van der Waals surface area contributed by atoms with Crippen LogP contribution in [0, 0.1) is 0 Å². The maximum absolute atomic E-state index is 15.8. The number of aliphatic hydroxyl groups excluding tert-OH is 1. The van der Waals surface area contributed by atoms with Crippen LogP contribution < -0.4 is 5.14 Å². The lowest BCUT2D eigenvalue weighted by Gasteiger charge is -2.35. The highest BCUT2D eigenvalue weighted by Crippen LogP contribution is 2.49. The number of allylic oxidation sites excluding steroid dienone is 2. The standard InChI is InChI=1S/C12H11ClFNO6S2/c13-8-6-9(16)11(23(19,20)21)12(14,10(8)22(15,17)18)7-4-2-1-3-5-7/h1-6,10,16H,(H2,15,17,18)(H,19,20,21). The van der Waals surface area contributed by atoms with Gasteiger partial charge in [-0.25, -0.2) is 17.9 Å². The molecule has 0 heterocycles. The van der Waals surface area contributed by atoms with E-state index in [2.05, 4.69) is 0 Å². The molecule has 1 aliphatic rings. The number of aliphatic hydroxyl groups is 1. The van der Waals surface area contributed by atoms with Gasteiger partial charge in [0.15, 0.2) is 10.2 Å². The molecular weight excluding hydrogens is 373 g/mol. The fraction of sp³-hybridized carbons (Fsp3) is 0.167. The molecule has 4 N–H and O–H groups in total. The summed E-state index contributed by atoms with van der Waals surface area (Å²) < 4.78 is 71.8.